The molecule has 4 aromatic rings. The number of thiazole rings is 1. The van der Waals surface area contributed by atoms with E-state index in [9.17, 15) is 0 Å². The zero-order valence-electron chi connectivity index (χ0n) is 12.2. The van der Waals surface area contributed by atoms with Crippen LogP contribution in [0, 0.1) is 20.8 Å². The predicted octanol–water partition coefficient (Wildman–Crippen LogP) is 3.93. The molecule has 7 heteroatoms. The summed E-state index contributed by atoms with van der Waals surface area (Å²) in [6.07, 6.45) is 0. The SMILES string of the molecule is Cc1nc2cc(-c3noc(-c4sc(C)nc4C)n3)ccc2o1. The number of hydrogen-bond donors (Lipinski definition) is 0. The third-order valence-corrected chi connectivity index (χ3v) is 4.34. The maximum atomic E-state index is 5.47. The van der Waals surface area contributed by atoms with Gasteiger partial charge >= 0.3 is 0 Å². The van der Waals surface area contributed by atoms with Crippen molar-refractivity contribution in [2.45, 2.75) is 20.8 Å². The number of fused-ring (bicyclic) bond motifs is 1. The predicted molar refractivity (Wildman–Crippen MR) is 82.6 cm³/mol. The fraction of sp³-hybridized carbons (Fsp3) is 0.200. The van der Waals surface area contributed by atoms with E-state index in [1.54, 1.807) is 11.3 Å². The molecule has 1 aromatic carbocycles. The van der Waals surface area contributed by atoms with Crippen LogP contribution in [0.1, 0.15) is 16.6 Å². The third-order valence-electron chi connectivity index (χ3n) is 3.28. The summed E-state index contributed by atoms with van der Waals surface area (Å²) >= 11 is 1.55. The van der Waals surface area contributed by atoms with E-state index < -0.39 is 0 Å². The second-order valence-corrected chi connectivity index (χ2v) is 6.19. The summed E-state index contributed by atoms with van der Waals surface area (Å²) in [5, 5.41) is 5.04. The molecule has 3 heterocycles. The van der Waals surface area contributed by atoms with Gasteiger partial charge < -0.3 is 8.94 Å². The van der Waals surface area contributed by atoms with Crippen molar-refractivity contribution in [3.8, 4) is 22.2 Å². The van der Waals surface area contributed by atoms with Gasteiger partial charge in [0, 0.05) is 12.5 Å². The van der Waals surface area contributed by atoms with E-state index in [4.69, 9.17) is 8.94 Å². The number of benzene rings is 1. The van der Waals surface area contributed by atoms with Crippen LogP contribution in [0.25, 0.3) is 33.3 Å². The Labute approximate surface area is 129 Å². The minimum Gasteiger partial charge on any atom is -0.441 e. The van der Waals surface area contributed by atoms with Gasteiger partial charge in [0.05, 0.1) is 10.7 Å². The van der Waals surface area contributed by atoms with E-state index in [1.165, 1.54) is 0 Å². The molecule has 0 bridgehead atoms. The van der Waals surface area contributed by atoms with Crippen molar-refractivity contribution in [2.24, 2.45) is 0 Å². The van der Waals surface area contributed by atoms with Crippen LogP contribution in [0.15, 0.2) is 27.1 Å². The molecule has 4 rings (SSSR count). The molecule has 0 amide bonds. The molecule has 0 atom stereocenters. The zero-order chi connectivity index (χ0) is 15.3. The molecular weight excluding hydrogens is 300 g/mol. The molecule has 0 aliphatic carbocycles. The highest BCUT2D eigenvalue weighted by molar-refractivity contribution is 7.15. The molecule has 110 valence electrons. The first-order chi connectivity index (χ1) is 10.6. The standard InChI is InChI=1S/C15H12N4O2S/c1-7-13(22-9(3)16-7)15-18-14(19-21-15)10-4-5-12-11(6-10)17-8(2)20-12/h4-6H,1-3H3. The first-order valence-electron chi connectivity index (χ1n) is 6.76. The Morgan fingerprint density at radius 1 is 1.05 bits per heavy atom. The molecule has 0 fully saturated rings. The molecular formula is C15H12N4O2S. The van der Waals surface area contributed by atoms with Gasteiger partial charge in [0.1, 0.15) is 10.4 Å². The molecule has 22 heavy (non-hydrogen) atoms. The van der Waals surface area contributed by atoms with Gasteiger partial charge in [-0.25, -0.2) is 9.97 Å². The van der Waals surface area contributed by atoms with Crippen molar-refractivity contribution in [3.05, 3.63) is 34.8 Å². The molecule has 0 saturated carbocycles. The lowest BCUT2D eigenvalue weighted by Crippen LogP contribution is -1.82. The molecule has 0 radical (unpaired) electrons. The smallest absolute Gasteiger partial charge is 0.270 e. The zero-order valence-corrected chi connectivity index (χ0v) is 13.1. The number of nitrogens with zero attached hydrogens (tertiary/aromatic N) is 4. The first kappa shape index (κ1) is 13.1. The Balaban J connectivity index is 1.77. The Morgan fingerprint density at radius 3 is 2.68 bits per heavy atom. The van der Waals surface area contributed by atoms with Gasteiger partial charge in [-0.1, -0.05) is 5.16 Å². The summed E-state index contributed by atoms with van der Waals surface area (Å²) < 4.78 is 10.9. The highest BCUT2D eigenvalue weighted by atomic mass is 32.1. The Hall–Kier alpha value is -2.54. The Morgan fingerprint density at radius 2 is 1.91 bits per heavy atom. The van der Waals surface area contributed by atoms with Crippen LogP contribution >= 0.6 is 11.3 Å². The molecule has 6 nitrogen and oxygen atoms in total. The number of hydrogen-bond acceptors (Lipinski definition) is 7. The van der Waals surface area contributed by atoms with E-state index in [-0.39, 0.29) is 0 Å². The van der Waals surface area contributed by atoms with Crippen LogP contribution in [0.4, 0.5) is 0 Å². The second kappa shape index (κ2) is 4.74. The van der Waals surface area contributed by atoms with Gasteiger partial charge in [-0.15, -0.1) is 11.3 Å². The largest absolute Gasteiger partial charge is 0.441 e. The molecule has 0 aliphatic heterocycles. The van der Waals surface area contributed by atoms with Gasteiger partial charge in [0.2, 0.25) is 5.82 Å². The Kier molecular flexibility index (Phi) is 2.83. The summed E-state index contributed by atoms with van der Waals surface area (Å²) in [6, 6.07) is 5.65. The third kappa shape index (κ3) is 2.10. The normalized spacial score (nSPS) is 11.4. The number of aromatic nitrogens is 4. The highest BCUT2D eigenvalue weighted by Gasteiger charge is 2.16. The summed E-state index contributed by atoms with van der Waals surface area (Å²) in [5.74, 6) is 1.66. The van der Waals surface area contributed by atoms with Crippen molar-refractivity contribution in [3.63, 3.8) is 0 Å². The van der Waals surface area contributed by atoms with E-state index in [1.807, 2.05) is 39.0 Å². The van der Waals surface area contributed by atoms with Gasteiger partial charge in [0.25, 0.3) is 5.89 Å². The second-order valence-electron chi connectivity index (χ2n) is 4.99. The molecule has 0 spiro atoms. The molecule has 0 aliphatic rings. The first-order valence-corrected chi connectivity index (χ1v) is 7.57. The van der Waals surface area contributed by atoms with Crippen LogP contribution < -0.4 is 0 Å². The number of rotatable bonds is 2. The van der Waals surface area contributed by atoms with Gasteiger partial charge in [-0.2, -0.15) is 4.98 Å². The minimum atomic E-state index is 0.495. The van der Waals surface area contributed by atoms with Gasteiger partial charge in [-0.05, 0) is 32.0 Å². The topological polar surface area (TPSA) is 77.8 Å². The van der Waals surface area contributed by atoms with Crippen molar-refractivity contribution in [1.29, 1.82) is 0 Å². The van der Waals surface area contributed by atoms with Crippen molar-refractivity contribution in [1.82, 2.24) is 20.1 Å². The van der Waals surface area contributed by atoms with E-state index in [0.29, 0.717) is 17.6 Å². The van der Waals surface area contributed by atoms with Crippen molar-refractivity contribution >= 4 is 22.4 Å². The summed E-state index contributed by atoms with van der Waals surface area (Å²) in [5.41, 5.74) is 3.28. The lowest BCUT2D eigenvalue weighted by molar-refractivity contribution is 0.433. The fourth-order valence-corrected chi connectivity index (χ4v) is 3.19. The Bertz CT molecular complexity index is 983. The van der Waals surface area contributed by atoms with Gasteiger partial charge in [-0.3, -0.25) is 0 Å². The summed E-state index contributed by atoms with van der Waals surface area (Å²) in [7, 11) is 0. The average Bonchev–Trinajstić information content (AvgIpc) is 3.15. The summed E-state index contributed by atoms with van der Waals surface area (Å²) in [6.45, 7) is 5.72. The van der Waals surface area contributed by atoms with Crippen molar-refractivity contribution < 1.29 is 8.94 Å². The van der Waals surface area contributed by atoms with Gasteiger partial charge in [0.15, 0.2) is 11.5 Å². The molecule has 0 saturated heterocycles. The van der Waals surface area contributed by atoms with E-state index in [2.05, 4.69) is 20.1 Å². The summed E-state index contributed by atoms with van der Waals surface area (Å²) in [4.78, 5) is 14.1. The number of oxazole rings is 1. The molecule has 0 N–H and O–H groups in total. The van der Waals surface area contributed by atoms with Crippen LogP contribution in [0.5, 0.6) is 0 Å². The molecule has 3 aromatic heterocycles. The maximum Gasteiger partial charge on any atom is 0.270 e. The van der Waals surface area contributed by atoms with E-state index >= 15 is 0 Å². The average molecular weight is 312 g/mol. The number of aryl methyl sites for hydroxylation is 3. The molecule has 0 unspecified atom stereocenters. The van der Waals surface area contributed by atoms with Crippen LogP contribution in [0.3, 0.4) is 0 Å². The minimum absolute atomic E-state index is 0.495. The van der Waals surface area contributed by atoms with Crippen LogP contribution in [-0.2, 0) is 0 Å². The lowest BCUT2D eigenvalue weighted by atomic mass is 10.2. The van der Waals surface area contributed by atoms with Crippen LogP contribution in [-0.4, -0.2) is 20.1 Å². The fourth-order valence-electron chi connectivity index (χ4n) is 2.34. The quantitative estimate of drug-likeness (QED) is 0.558. The van der Waals surface area contributed by atoms with Crippen molar-refractivity contribution in [2.75, 3.05) is 0 Å². The lowest BCUT2D eigenvalue weighted by Gasteiger charge is -1.92. The maximum absolute atomic E-state index is 5.47. The van der Waals surface area contributed by atoms with E-state index in [0.717, 1.165) is 32.2 Å². The van der Waals surface area contributed by atoms with Crippen LogP contribution in [0.2, 0.25) is 0 Å². The highest BCUT2D eigenvalue weighted by Crippen LogP contribution is 2.30. The monoisotopic (exact) mass is 312 g/mol.